The van der Waals surface area contributed by atoms with E-state index in [0.717, 1.165) is 10.5 Å². The van der Waals surface area contributed by atoms with E-state index < -0.39 is 12.0 Å². The fourth-order valence-corrected chi connectivity index (χ4v) is 1.92. The molecule has 0 spiro atoms. The number of aliphatic hydroxyl groups is 1. The van der Waals surface area contributed by atoms with Gasteiger partial charge in [0, 0.05) is 0 Å². The first kappa shape index (κ1) is 10.8. The molecule has 1 aromatic rings. The molecular weight excluding hydrogens is 206 g/mol. The smallest absolute Gasteiger partial charge is 0.259 e. The standard InChI is InChI=1S/C12H13NO3/c1-8(9-5-3-2-4-6-9)13-11(15)7-10(14)12(13)16/h2-6,8,10,14H,7H2,1H3. The van der Waals surface area contributed by atoms with Crippen molar-refractivity contribution in [1.82, 2.24) is 4.90 Å². The van der Waals surface area contributed by atoms with E-state index in [2.05, 4.69) is 0 Å². The first-order valence-electron chi connectivity index (χ1n) is 5.20. The summed E-state index contributed by atoms with van der Waals surface area (Å²) >= 11 is 0. The topological polar surface area (TPSA) is 57.6 Å². The third kappa shape index (κ3) is 1.72. The molecule has 0 radical (unpaired) electrons. The van der Waals surface area contributed by atoms with Crippen LogP contribution in [0.4, 0.5) is 0 Å². The Kier molecular flexibility index (Phi) is 2.75. The number of amides is 2. The monoisotopic (exact) mass is 219 g/mol. The Morgan fingerprint density at radius 2 is 1.94 bits per heavy atom. The second-order valence-corrected chi connectivity index (χ2v) is 3.91. The molecule has 1 fully saturated rings. The van der Waals surface area contributed by atoms with E-state index >= 15 is 0 Å². The van der Waals surface area contributed by atoms with Crippen LogP contribution in [-0.2, 0) is 9.59 Å². The number of nitrogens with zero attached hydrogens (tertiary/aromatic N) is 1. The highest BCUT2D eigenvalue weighted by Gasteiger charge is 2.40. The van der Waals surface area contributed by atoms with Crippen molar-refractivity contribution in [3.05, 3.63) is 35.9 Å². The number of hydrogen-bond donors (Lipinski definition) is 1. The highest BCUT2D eigenvalue weighted by molar-refractivity contribution is 6.05. The van der Waals surface area contributed by atoms with Gasteiger partial charge in [0.1, 0.15) is 6.10 Å². The van der Waals surface area contributed by atoms with Gasteiger partial charge in [0.05, 0.1) is 12.5 Å². The molecule has 1 aliphatic rings. The number of carbonyl (C=O) groups excluding carboxylic acids is 2. The molecule has 4 heteroatoms. The Bertz CT molecular complexity index is 416. The van der Waals surface area contributed by atoms with Crippen molar-refractivity contribution in [2.75, 3.05) is 0 Å². The molecule has 0 aliphatic carbocycles. The zero-order chi connectivity index (χ0) is 11.7. The zero-order valence-electron chi connectivity index (χ0n) is 8.96. The second kappa shape index (κ2) is 4.06. The van der Waals surface area contributed by atoms with E-state index in [0.29, 0.717) is 0 Å². The van der Waals surface area contributed by atoms with Gasteiger partial charge in [0.2, 0.25) is 5.91 Å². The quantitative estimate of drug-likeness (QED) is 0.751. The van der Waals surface area contributed by atoms with Crippen LogP contribution in [0.15, 0.2) is 30.3 Å². The molecule has 2 amide bonds. The van der Waals surface area contributed by atoms with Crippen LogP contribution in [0.5, 0.6) is 0 Å². The fourth-order valence-electron chi connectivity index (χ4n) is 1.92. The van der Waals surface area contributed by atoms with Crippen molar-refractivity contribution in [3.63, 3.8) is 0 Å². The number of likely N-dealkylation sites (tertiary alicyclic amines) is 1. The van der Waals surface area contributed by atoms with E-state index in [-0.39, 0.29) is 18.4 Å². The number of rotatable bonds is 2. The number of benzene rings is 1. The first-order chi connectivity index (χ1) is 7.61. The lowest BCUT2D eigenvalue weighted by molar-refractivity contribution is -0.143. The molecule has 84 valence electrons. The molecule has 16 heavy (non-hydrogen) atoms. The zero-order valence-corrected chi connectivity index (χ0v) is 8.96. The van der Waals surface area contributed by atoms with Crippen LogP contribution in [-0.4, -0.2) is 27.9 Å². The molecule has 1 aromatic carbocycles. The molecule has 4 nitrogen and oxygen atoms in total. The fraction of sp³-hybridized carbons (Fsp3) is 0.333. The molecule has 1 saturated heterocycles. The van der Waals surface area contributed by atoms with Crippen molar-refractivity contribution in [3.8, 4) is 0 Å². The molecule has 2 unspecified atom stereocenters. The maximum absolute atomic E-state index is 11.6. The largest absolute Gasteiger partial charge is 0.383 e. The van der Waals surface area contributed by atoms with Gasteiger partial charge in [-0.05, 0) is 12.5 Å². The number of carbonyl (C=O) groups is 2. The maximum Gasteiger partial charge on any atom is 0.259 e. The lowest BCUT2D eigenvalue weighted by Gasteiger charge is -2.22. The lowest BCUT2D eigenvalue weighted by atomic mass is 10.1. The van der Waals surface area contributed by atoms with E-state index in [1.165, 1.54) is 0 Å². The molecule has 1 heterocycles. The minimum Gasteiger partial charge on any atom is -0.383 e. The van der Waals surface area contributed by atoms with E-state index in [9.17, 15) is 14.7 Å². The molecule has 0 bridgehead atoms. The van der Waals surface area contributed by atoms with Gasteiger partial charge in [-0.25, -0.2) is 0 Å². The van der Waals surface area contributed by atoms with E-state index in [4.69, 9.17) is 0 Å². The maximum atomic E-state index is 11.6. The van der Waals surface area contributed by atoms with Gasteiger partial charge in [-0.1, -0.05) is 30.3 Å². The summed E-state index contributed by atoms with van der Waals surface area (Å²) in [6, 6.07) is 8.98. The Morgan fingerprint density at radius 1 is 1.31 bits per heavy atom. The average Bonchev–Trinajstić information content (AvgIpc) is 2.54. The van der Waals surface area contributed by atoms with Crippen molar-refractivity contribution in [2.24, 2.45) is 0 Å². The Balaban J connectivity index is 2.26. The minimum absolute atomic E-state index is 0.101. The van der Waals surface area contributed by atoms with Crippen LogP contribution in [0.1, 0.15) is 24.9 Å². The minimum atomic E-state index is -1.17. The second-order valence-electron chi connectivity index (χ2n) is 3.91. The Morgan fingerprint density at radius 3 is 2.44 bits per heavy atom. The summed E-state index contributed by atoms with van der Waals surface area (Å²) in [5.41, 5.74) is 0.887. The molecular formula is C12H13NO3. The van der Waals surface area contributed by atoms with Crippen LogP contribution < -0.4 is 0 Å². The van der Waals surface area contributed by atoms with Gasteiger partial charge in [0.25, 0.3) is 5.91 Å². The van der Waals surface area contributed by atoms with Crippen molar-refractivity contribution < 1.29 is 14.7 Å². The predicted molar refractivity (Wildman–Crippen MR) is 57.3 cm³/mol. The van der Waals surface area contributed by atoms with Crippen LogP contribution in [0.25, 0.3) is 0 Å². The summed E-state index contributed by atoms with van der Waals surface area (Å²) in [6.07, 6.45) is -1.27. The normalized spacial score (nSPS) is 22.6. The Hall–Kier alpha value is -1.68. The first-order valence-corrected chi connectivity index (χ1v) is 5.20. The molecule has 0 aromatic heterocycles. The summed E-state index contributed by atoms with van der Waals surface area (Å²) in [5, 5.41) is 9.32. The summed E-state index contributed by atoms with van der Waals surface area (Å²) in [6.45, 7) is 1.78. The van der Waals surface area contributed by atoms with Gasteiger partial charge >= 0.3 is 0 Å². The van der Waals surface area contributed by atoms with Crippen molar-refractivity contribution in [1.29, 1.82) is 0 Å². The SMILES string of the molecule is CC(c1ccccc1)N1C(=O)CC(O)C1=O. The third-order valence-corrected chi connectivity index (χ3v) is 2.83. The Labute approximate surface area is 93.5 Å². The number of aliphatic hydroxyl groups excluding tert-OH is 1. The molecule has 0 saturated carbocycles. The molecule has 1 N–H and O–H groups in total. The van der Waals surface area contributed by atoms with Crippen molar-refractivity contribution in [2.45, 2.75) is 25.5 Å². The summed E-state index contributed by atoms with van der Waals surface area (Å²) in [4.78, 5) is 24.3. The van der Waals surface area contributed by atoms with Gasteiger partial charge in [-0.2, -0.15) is 0 Å². The average molecular weight is 219 g/mol. The third-order valence-electron chi connectivity index (χ3n) is 2.83. The van der Waals surface area contributed by atoms with Gasteiger partial charge < -0.3 is 5.11 Å². The van der Waals surface area contributed by atoms with Crippen LogP contribution in [0.3, 0.4) is 0 Å². The summed E-state index contributed by atoms with van der Waals surface area (Å²) < 4.78 is 0. The van der Waals surface area contributed by atoms with Crippen molar-refractivity contribution >= 4 is 11.8 Å². The van der Waals surface area contributed by atoms with Gasteiger partial charge in [-0.15, -0.1) is 0 Å². The lowest BCUT2D eigenvalue weighted by Crippen LogP contribution is -2.34. The van der Waals surface area contributed by atoms with E-state index in [1.807, 2.05) is 30.3 Å². The molecule has 1 aliphatic heterocycles. The van der Waals surface area contributed by atoms with Crippen LogP contribution in [0.2, 0.25) is 0 Å². The van der Waals surface area contributed by atoms with E-state index in [1.54, 1.807) is 6.92 Å². The van der Waals surface area contributed by atoms with Gasteiger partial charge in [0.15, 0.2) is 0 Å². The molecule has 2 atom stereocenters. The summed E-state index contributed by atoms with van der Waals surface area (Å²) in [5.74, 6) is -0.810. The molecule has 2 rings (SSSR count). The van der Waals surface area contributed by atoms with Gasteiger partial charge in [-0.3, -0.25) is 14.5 Å². The van der Waals surface area contributed by atoms with Crippen LogP contribution in [0, 0.1) is 0 Å². The number of hydrogen-bond acceptors (Lipinski definition) is 3. The highest BCUT2D eigenvalue weighted by Crippen LogP contribution is 2.26. The predicted octanol–water partition coefficient (Wildman–Crippen LogP) is 0.867. The highest BCUT2D eigenvalue weighted by atomic mass is 16.3. The summed E-state index contributed by atoms with van der Waals surface area (Å²) in [7, 11) is 0. The number of imide groups is 1. The van der Waals surface area contributed by atoms with Crippen LogP contribution >= 0.6 is 0 Å².